The number of rotatable bonds is 4. The van der Waals surface area contributed by atoms with E-state index in [0.717, 1.165) is 0 Å². The first-order valence-electron chi connectivity index (χ1n) is 3.35. The maximum absolute atomic E-state index is 11.0. The van der Waals surface area contributed by atoms with Gasteiger partial charge in [0.25, 0.3) is 5.91 Å². The van der Waals surface area contributed by atoms with Crippen molar-refractivity contribution in [3.05, 3.63) is 24.9 Å². The van der Waals surface area contributed by atoms with E-state index in [1.165, 1.54) is 0 Å². The van der Waals surface area contributed by atoms with Crippen LogP contribution in [-0.2, 0) is 4.79 Å². The van der Waals surface area contributed by atoms with Crippen LogP contribution in [-0.4, -0.2) is 31.4 Å². The average molecular weight is 154 g/mol. The maximum Gasteiger partial charge on any atom is 0.267 e. The van der Waals surface area contributed by atoms with E-state index in [9.17, 15) is 4.79 Å². The fourth-order valence-electron chi connectivity index (χ4n) is 0.470. The molecule has 0 heterocycles. The minimum atomic E-state index is -0.157. The van der Waals surface area contributed by atoms with Gasteiger partial charge in [0.15, 0.2) is 0 Å². The number of hydrogen-bond donors (Lipinski definition) is 1. The Kier molecular flexibility index (Phi) is 4.03. The summed E-state index contributed by atoms with van der Waals surface area (Å²) in [6.45, 7) is 7.54. The highest BCUT2D eigenvalue weighted by Gasteiger charge is 2.05. The lowest BCUT2D eigenvalue weighted by molar-refractivity contribution is -0.118. The zero-order chi connectivity index (χ0) is 8.85. The topological polar surface area (TPSA) is 32.3 Å². The van der Waals surface area contributed by atoms with E-state index < -0.39 is 0 Å². The van der Waals surface area contributed by atoms with Crippen molar-refractivity contribution in [2.45, 2.75) is 0 Å². The summed E-state index contributed by atoms with van der Waals surface area (Å²) < 4.78 is 0. The molecule has 0 aromatic heterocycles. The number of nitrogens with zero attached hydrogens (tertiary/aromatic N) is 1. The third-order valence-electron chi connectivity index (χ3n) is 1.21. The van der Waals surface area contributed by atoms with Gasteiger partial charge in [0.2, 0.25) is 0 Å². The average Bonchev–Trinajstić information content (AvgIpc) is 1.98. The molecule has 0 aromatic carbocycles. The molecular weight excluding hydrogens is 140 g/mol. The van der Waals surface area contributed by atoms with Gasteiger partial charge in [-0.1, -0.05) is 12.7 Å². The molecule has 0 spiro atoms. The molecule has 1 amide bonds. The van der Waals surface area contributed by atoms with Crippen LogP contribution in [0.3, 0.4) is 0 Å². The Bertz CT molecular complexity index is 173. The summed E-state index contributed by atoms with van der Waals surface area (Å²) in [6, 6.07) is 0. The van der Waals surface area contributed by atoms with Crippen molar-refractivity contribution >= 4 is 5.91 Å². The molecule has 0 bridgehead atoms. The largest absolute Gasteiger partial charge is 0.374 e. The lowest BCUT2D eigenvalue weighted by atomic mass is 10.4. The van der Waals surface area contributed by atoms with Crippen molar-refractivity contribution < 1.29 is 4.79 Å². The van der Waals surface area contributed by atoms with E-state index in [2.05, 4.69) is 18.5 Å². The first-order valence-corrected chi connectivity index (χ1v) is 3.35. The first-order chi connectivity index (χ1) is 5.09. The first kappa shape index (κ1) is 9.75. The Hall–Kier alpha value is -1.25. The number of nitrogens with one attached hydrogen (secondary N) is 1. The van der Waals surface area contributed by atoms with Crippen LogP contribution in [0.2, 0.25) is 0 Å². The molecule has 0 aliphatic heterocycles. The third kappa shape index (κ3) is 3.45. The Morgan fingerprint density at radius 1 is 1.64 bits per heavy atom. The van der Waals surface area contributed by atoms with Gasteiger partial charge in [-0.3, -0.25) is 4.79 Å². The zero-order valence-electron chi connectivity index (χ0n) is 7.05. The van der Waals surface area contributed by atoms with Crippen molar-refractivity contribution in [3.8, 4) is 0 Å². The predicted molar refractivity (Wildman–Crippen MR) is 46.0 cm³/mol. The fourth-order valence-corrected chi connectivity index (χ4v) is 0.470. The number of hydrogen-bond acceptors (Lipinski definition) is 2. The lowest BCUT2D eigenvalue weighted by Crippen LogP contribution is -2.30. The second kappa shape index (κ2) is 4.55. The number of amides is 1. The molecule has 0 unspecified atom stereocenters. The van der Waals surface area contributed by atoms with Gasteiger partial charge in [0.1, 0.15) is 0 Å². The van der Waals surface area contributed by atoms with Crippen molar-refractivity contribution in [2.24, 2.45) is 0 Å². The SMILES string of the molecule is C=CCNC(=O)C(=C)N(C)C. The van der Waals surface area contributed by atoms with Crippen molar-refractivity contribution in [2.75, 3.05) is 20.6 Å². The minimum Gasteiger partial charge on any atom is -0.374 e. The molecule has 0 aliphatic rings. The number of carbonyl (C=O) groups is 1. The second-order valence-electron chi connectivity index (χ2n) is 2.34. The van der Waals surface area contributed by atoms with Gasteiger partial charge in [-0.2, -0.15) is 0 Å². The summed E-state index contributed by atoms with van der Waals surface area (Å²) in [5, 5.41) is 2.62. The molecule has 0 radical (unpaired) electrons. The van der Waals surface area contributed by atoms with Gasteiger partial charge < -0.3 is 10.2 Å². The molecule has 3 nitrogen and oxygen atoms in total. The summed E-state index contributed by atoms with van der Waals surface area (Å²) in [7, 11) is 3.55. The van der Waals surface area contributed by atoms with Crippen LogP contribution < -0.4 is 5.32 Å². The maximum atomic E-state index is 11.0. The van der Waals surface area contributed by atoms with Crippen LogP contribution in [0.4, 0.5) is 0 Å². The molecule has 0 aromatic rings. The number of carbonyl (C=O) groups excluding carboxylic acids is 1. The van der Waals surface area contributed by atoms with Crippen LogP contribution in [0.1, 0.15) is 0 Å². The normalized spacial score (nSPS) is 8.55. The van der Waals surface area contributed by atoms with Crippen LogP contribution >= 0.6 is 0 Å². The van der Waals surface area contributed by atoms with E-state index in [0.29, 0.717) is 12.2 Å². The van der Waals surface area contributed by atoms with Gasteiger partial charge >= 0.3 is 0 Å². The Balaban J connectivity index is 3.83. The second-order valence-corrected chi connectivity index (χ2v) is 2.34. The van der Waals surface area contributed by atoms with Crippen molar-refractivity contribution in [1.29, 1.82) is 0 Å². The summed E-state index contributed by atoms with van der Waals surface area (Å²) in [6.07, 6.45) is 1.63. The van der Waals surface area contributed by atoms with E-state index in [1.807, 2.05) is 0 Å². The highest BCUT2D eigenvalue weighted by Crippen LogP contribution is 1.92. The lowest BCUT2D eigenvalue weighted by Gasteiger charge is -2.13. The molecule has 62 valence electrons. The van der Waals surface area contributed by atoms with Gasteiger partial charge in [-0.25, -0.2) is 0 Å². The predicted octanol–water partition coefficient (Wildman–Crippen LogP) is 0.364. The van der Waals surface area contributed by atoms with Gasteiger partial charge in [0, 0.05) is 20.6 Å². The third-order valence-corrected chi connectivity index (χ3v) is 1.21. The monoisotopic (exact) mass is 154 g/mol. The summed E-state index contributed by atoms with van der Waals surface area (Å²) in [5.41, 5.74) is 0.451. The summed E-state index contributed by atoms with van der Waals surface area (Å²) in [4.78, 5) is 12.7. The molecule has 0 atom stereocenters. The van der Waals surface area contributed by atoms with E-state index >= 15 is 0 Å². The molecule has 11 heavy (non-hydrogen) atoms. The van der Waals surface area contributed by atoms with Gasteiger partial charge in [0.05, 0.1) is 5.70 Å². The van der Waals surface area contributed by atoms with E-state index in [1.54, 1.807) is 25.1 Å². The molecule has 0 fully saturated rings. The minimum absolute atomic E-state index is 0.157. The van der Waals surface area contributed by atoms with Crippen LogP contribution in [0.25, 0.3) is 0 Å². The highest BCUT2D eigenvalue weighted by molar-refractivity contribution is 5.92. The quantitative estimate of drug-likeness (QED) is 0.468. The van der Waals surface area contributed by atoms with Crippen molar-refractivity contribution in [1.82, 2.24) is 10.2 Å². The Morgan fingerprint density at radius 3 is 2.55 bits per heavy atom. The molecular formula is C8H14N2O. The van der Waals surface area contributed by atoms with Crippen LogP contribution in [0.15, 0.2) is 24.9 Å². The Morgan fingerprint density at radius 2 is 2.18 bits per heavy atom. The molecule has 3 heteroatoms. The molecule has 1 N–H and O–H groups in total. The highest BCUT2D eigenvalue weighted by atomic mass is 16.2. The standard InChI is InChI=1S/C8H14N2O/c1-5-6-9-8(11)7(2)10(3)4/h5H,1-2,6H2,3-4H3,(H,9,11). The summed E-state index contributed by atoms with van der Waals surface area (Å²) in [5.74, 6) is -0.157. The van der Waals surface area contributed by atoms with E-state index in [4.69, 9.17) is 0 Å². The van der Waals surface area contributed by atoms with Gasteiger partial charge in [-0.05, 0) is 0 Å². The Labute approximate surface area is 67.4 Å². The molecule has 0 rings (SSSR count). The summed E-state index contributed by atoms with van der Waals surface area (Å²) >= 11 is 0. The van der Waals surface area contributed by atoms with Crippen LogP contribution in [0.5, 0.6) is 0 Å². The van der Waals surface area contributed by atoms with Gasteiger partial charge in [-0.15, -0.1) is 6.58 Å². The van der Waals surface area contributed by atoms with E-state index in [-0.39, 0.29) is 5.91 Å². The smallest absolute Gasteiger partial charge is 0.267 e. The molecule has 0 saturated carbocycles. The van der Waals surface area contributed by atoms with Crippen molar-refractivity contribution in [3.63, 3.8) is 0 Å². The number of likely N-dealkylation sites (N-methyl/N-ethyl adjacent to an activating group) is 1. The molecule has 0 saturated heterocycles. The fraction of sp³-hybridized carbons (Fsp3) is 0.375. The molecule has 0 aliphatic carbocycles. The zero-order valence-corrected chi connectivity index (χ0v) is 7.05. The van der Waals surface area contributed by atoms with Crippen LogP contribution in [0, 0.1) is 0 Å².